The molecule has 0 aliphatic carbocycles. The van der Waals surface area contributed by atoms with Gasteiger partial charge in [-0.15, -0.1) is 0 Å². The predicted molar refractivity (Wildman–Crippen MR) is 86.5 cm³/mol. The quantitative estimate of drug-likeness (QED) is 0.331. The van der Waals surface area contributed by atoms with Crippen molar-refractivity contribution < 1.29 is 37.8 Å². The predicted octanol–water partition coefficient (Wildman–Crippen LogP) is 0.0342. The number of aliphatic hydroxyl groups excluding tert-OH is 1. The minimum atomic E-state index is -4.85. The molecule has 1 aromatic rings. The van der Waals surface area contributed by atoms with E-state index in [1.165, 1.54) is 24.3 Å². The zero-order valence-corrected chi connectivity index (χ0v) is 14.2. The van der Waals surface area contributed by atoms with Crippen molar-refractivity contribution in [3.8, 4) is 5.75 Å². The first-order valence-corrected chi connectivity index (χ1v) is 9.08. The van der Waals surface area contributed by atoms with Crippen LogP contribution in [0.3, 0.4) is 0 Å². The lowest BCUT2D eigenvalue weighted by Gasteiger charge is -2.38. The lowest BCUT2D eigenvalue weighted by Crippen LogP contribution is -2.59. The molecular weight excluding hydrogens is 354 g/mol. The van der Waals surface area contributed by atoms with Crippen LogP contribution in [0.5, 0.6) is 5.75 Å². The van der Waals surface area contributed by atoms with E-state index in [0.29, 0.717) is 16.5 Å². The monoisotopic (exact) mass is 375 g/mol. The molecule has 1 unspecified atom stereocenters. The van der Waals surface area contributed by atoms with Crippen LogP contribution in [0.15, 0.2) is 24.3 Å². The van der Waals surface area contributed by atoms with E-state index in [1.807, 2.05) is 0 Å². The van der Waals surface area contributed by atoms with E-state index in [2.05, 4.69) is 0 Å². The van der Waals surface area contributed by atoms with Gasteiger partial charge < -0.3 is 20.1 Å². The van der Waals surface area contributed by atoms with E-state index >= 15 is 0 Å². The standard InChI is InChI=1S/C15H21NO8S/c17-7-1-6-16(25(21,22)23)15(14(19)20,9-13-10-24-13)8-11-2-4-12(18)5-3-11/h2-5,13,17-18H,1,6-10H2,(H,19,20)(H,21,22,23)/t13?,15-/m1/s1. The first-order valence-electron chi connectivity index (χ1n) is 7.68. The molecule has 140 valence electrons. The molecule has 1 fully saturated rings. The molecular formula is C15H21NO8S. The van der Waals surface area contributed by atoms with Crippen LogP contribution in [0, 0.1) is 0 Å². The first kappa shape index (κ1) is 19.6. The molecule has 25 heavy (non-hydrogen) atoms. The number of nitrogens with zero attached hydrogens (tertiary/aromatic N) is 1. The summed E-state index contributed by atoms with van der Waals surface area (Å²) in [7, 11) is -4.85. The Kier molecular flexibility index (Phi) is 6.01. The van der Waals surface area contributed by atoms with Gasteiger partial charge in [0, 0.05) is 26.0 Å². The van der Waals surface area contributed by atoms with Crippen molar-refractivity contribution in [2.24, 2.45) is 0 Å². The number of carboxylic acids is 1. The summed E-state index contributed by atoms with van der Waals surface area (Å²) in [5.41, 5.74) is -1.50. The molecule has 0 saturated carbocycles. The Bertz CT molecular complexity index is 701. The summed E-state index contributed by atoms with van der Waals surface area (Å²) in [4.78, 5) is 12.1. The van der Waals surface area contributed by atoms with Gasteiger partial charge in [0.1, 0.15) is 11.3 Å². The minimum Gasteiger partial charge on any atom is -0.508 e. The van der Waals surface area contributed by atoms with Gasteiger partial charge in [0.15, 0.2) is 0 Å². The average molecular weight is 375 g/mol. The van der Waals surface area contributed by atoms with Crippen molar-refractivity contribution in [3.05, 3.63) is 29.8 Å². The van der Waals surface area contributed by atoms with Crippen LogP contribution in [-0.4, -0.2) is 70.0 Å². The SMILES string of the molecule is O=C(O)[C@@](Cc1ccc(O)cc1)(CC1CO1)N(CCCO)S(=O)(=O)O. The lowest BCUT2D eigenvalue weighted by molar-refractivity contribution is -0.149. The van der Waals surface area contributed by atoms with Crippen molar-refractivity contribution in [1.82, 2.24) is 4.31 Å². The van der Waals surface area contributed by atoms with Crippen LogP contribution in [0.4, 0.5) is 0 Å². The highest BCUT2D eigenvalue weighted by atomic mass is 32.2. The maximum Gasteiger partial charge on any atom is 0.336 e. The van der Waals surface area contributed by atoms with Gasteiger partial charge in [0.05, 0.1) is 12.7 Å². The molecule has 0 spiro atoms. The lowest BCUT2D eigenvalue weighted by atomic mass is 9.86. The molecule has 1 heterocycles. The van der Waals surface area contributed by atoms with E-state index in [9.17, 15) is 28.0 Å². The minimum absolute atomic E-state index is 0.0119. The first-order chi connectivity index (χ1) is 11.7. The van der Waals surface area contributed by atoms with Gasteiger partial charge in [-0.1, -0.05) is 12.1 Å². The normalized spacial score (nSPS) is 19.6. The summed E-state index contributed by atoms with van der Waals surface area (Å²) in [6, 6.07) is 5.69. The molecule has 9 nitrogen and oxygen atoms in total. The van der Waals surface area contributed by atoms with Gasteiger partial charge >= 0.3 is 16.3 Å². The topological polar surface area (TPSA) is 148 Å². The van der Waals surface area contributed by atoms with Gasteiger partial charge in [-0.3, -0.25) is 9.35 Å². The molecule has 0 bridgehead atoms. The number of hydrogen-bond donors (Lipinski definition) is 4. The van der Waals surface area contributed by atoms with Crippen LogP contribution in [0.1, 0.15) is 18.4 Å². The number of benzene rings is 1. The van der Waals surface area contributed by atoms with Gasteiger partial charge in [0.25, 0.3) is 0 Å². The van der Waals surface area contributed by atoms with Crippen LogP contribution >= 0.6 is 0 Å². The molecule has 0 aromatic heterocycles. The Morgan fingerprint density at radius 1 is 1.32 bits per heavy atom. The molecule has 1 aliphatic rings. The molecule has 2 rings (SSSR count). The zero-order chi connectivity index (χ0) is 18.7. The summed E-state index contributed by atoms with van der Waals surface area (Å²) >= 11 is 0. The largest absolute Gasteiger partial charge is 0.508 e. The van der Waals surface area contributed by atoms with Crippen molar-refractivity contribution in [2.45, 2.75) is 30.9 Å². The van der Waals surface area contributed by atoms with Crippen LogP contribution in [0.2, 0.25) is 0 Å². The number of phenols is 1. The van der Waals surface area contributed by atoms with Crippen molar-refractivity contribution in [1.29, 1.82) is 0 Å². The highest BCUT2D eigenvalue weighted by molar-refractivity contribution is 7.83. The summed E-state index contributed by atoms with van der Waals surface area (Å²) in [5, 5.41) is 28.2. The van der Waals surface area contributed by atoms with E-state index in [1.54, 1.807) is 0 Å². The fraction of sp³-hybridized carbons (Fsp3) is 0.533. The third kappa shape index (κ3) is 4.89. The van der Waals surface area contributed by atoms with Gasteiger partial charge in [-0.05, 0) is 24.1 Å². The van der Waals surface area contributed by atoms with E-state index in [4.69, 9.17) is 9.84 Å². The van der Waals surface area contributed by atoms with Gasteiger partial charge in [-0.2, -0.15) is 12.7 Å². The molecule has 4 N–H and O–H groups in total. The van der Waals surface area contributed by atoms with Crippen molar-refractivity contribution in [3.63, 3.8) is 0 Å². The Hall–Kier alpha value is -1.72. The third-order valence-electron chi connectivity index (χ3n) is 4.07. The second kappa shape index (κ2) is 7.67. The fourth-order valence-electron chi connectivity index (χ4n) is 2.81. The molecule has 1 aromatic carbocycles. The van der Waals surface area contributed by atoms with E-state index < -0.39 is 27.9 Å². The van der Waals surface area contributed by atoms with E-state index in [0.717, 1.165) is 0 Å². The Morgan fingerprint density at radius 2 is 1.92 bits per heavy atom. The van der Waals surface area contributed by atoms with E-state index in [-0.39, 0.29) is 38.2 Å². The van der Waals surface area contributed by atoms with Gasteiger partial charge in [-0.25, -0.2) is 0 Å². The smallest absolute Gasteiger partial charge is 0.336 e. The summed E-state index contributed by atoms with van der Waals surface area (Å²) in [6.45, 7) is -0.406. The maximum absolute atomic E-state index is 12.1. The summed E-state index contributed by atoms with van der Waals surface area (Å²) in [6.07, 6.45) is -0.829. The maximum atomic E-state index is 12.1. The number of aliphatic hydroxyl groups is 1. The third-order valence-corrected chi connectivity index (χ3v) is 5.16. The van der Waals surface area contributed by atoms with Crippen LogP contribution < -0.4 is 0 Å². The Morgan fingerprint density at radius 3 is 2.36 bits per heavy atom. The molecule has 10 heteroatoms. The average Bonchev–Trinajstić information content (AvgIpc) is 3.32. The number of aliphatic carboxylic acids is 1. The number of phenolic OH excluding ortho intramolecular Hbond substituents is 1. The summed E-state index contributed by atoms with van der Waals surface area (Å²) < 4.78 is 39.0. The summed E-state index contributed by atoms with van der Waals surface area (Å²) in [5.74, 6) is -1.44. The number of epoxide rings is 1. The van der Waals surface area contributed by atoms with Crippen LogP contribution in [-0.2, 0) is 26.3 Å². The van der Waals surface area contributed by atoms with Crippen molar-refractivity contribution >= 4 is 16.3 Å². The van der Waals surface area contributed by atoms with Crippen LogP contribution in [0.25, 0.3) is 0 Å². The second-order valence-corrected chi connectivity index (χ2v) is 7.30. The number of aromatic hydroxyl groups is 1. The Labute approximate surface area is 145 Å². The molecule has 2 atom stereocenters. The highest BCUT2D eigenvalue weighted by Crippen LogP contribution is 2.34. The van der Waals surface area contributed by atoms with Gasteiger partial charge in [0.2, 0.25) is 0 Å². The number of ether oxygens (including phenoxy) is 1. The van der Waals surface area contributed by atoms with Crippen molar-refractivity contribution in [2.75, 3.05) is 19.8 Å². The number of carboxylic acid groups (broad SMARTS) is 1. The Balaban J connectivity index is 2.47. The number of hydrogen-bond acceptors (Lipinski definition) is 6. The fourth-order valence-corrected chi connectivity index (χ4v) is 3.83. The number of rotatable bonds is 10. The molecule has 0 radical (unpaired) electrons. The zero-order valence-electron chi connectivity index (χ0n) is 13.4. The second-order valence-electron chi connectivity index (χ2n) is 5.97. The molecule has 0 amide bonds. The number of carbonyl (C=O) groups is 1. The highest BCUT2D eigenvalue weighted by Gasteiger charge is 2.52. The molecule has 1 saturated heterocycles. The molecule has 1 aliphatic heterocycles.